The molecule has 0 aliphatic heterocycles. The van der Waals surface area contributed by atoms with Crippen LogP contribution in [0.4, 0.5) is 5.69 Å². The Morgan fingerprint density at radius 2 is 1.92 bits per heavy atom. The summed E-state index contributed by atoms with van der Waals surface area (Å²) in [6.07, 6.45) is 3.54. The van der Waals surface area contributed by atoms with Gasteiger partial charge in [0.2, 0.25) is 0 Å². The second-order valence-corrected chi connectivity index (χ2v) is 6.61. The lowest BCUT2D eigenvalue weighted by molar-refractivity contribution is -0.384. The molecule has 0 amide bonds. The van der Waals surface area contributed by atoms with Gasteiger partial charge in [-0.25, -0.2) is 4.98 Å². The zero-order valence-corrected chi connectivity index (χ0v) is 15.5. The minimum atomic E-state index is -0.436. The van der Waals surface area contributed by atoms with Crippen molar-refractivity contribution in [2.24, 2.45) is 0 Å². The molecule has 0 atom stereocenters. The first-order chi connectivity index (χ1) is 12.0. The van der Waals surface area contributed by atoms with Gasteiger partial charge in [-0.2, -0.15) is 0 Å². The number of fused-ring (bicyclic) bond motifs is 1. The molecule has 0 radical (unpaired) electrons. The number of benzene rings is 2. The first kappa shape index (κ1) is 17.3. The highest BCUT2D eigenvalue weighted by Crippen LogP contribution is 2.16. The van der Waals surface area contributed by atoms with Gasteiger partial charge in [0.1, 0.15) is 5.82 Å². The summed E-state index contributed by atoms with van der Waals surface area (Å²) in [4.78, 5) is 27.5. The molecule has 0 saturated heterocycles. The average molecular weight is 447 g/mol. The minimum Gasteiger partial charge on any atom is -0.293 e. The fourth-order valence-corrected chi connectivity index (χ4v) is 3.01. The van der Waals surface area contributed by atoms with Crippen LogP contribution in [0.5, 0.6) is 0 Å². The Bertz CT molecular complexity index is 1040. The van der Waals surface area contributed by atoms with Crippen molar-refractivity contribution in [3.8, 4) is 0 Å². The number of nitro groups is 1. The molecule has 0 N–H and O–H groups in total. The second kappa shape index (κ2) is 7.14. The molecule has 126 valence electrons. The van der Waals surface area contributed by atoms with E-state index in [0.717, 1.165) is 9.13 Å². The summed E-state index contributed by atoms with van der Waals surface area (Å²) in [6, 6.07) is 11.8. The topological polar surface area (TPSA) is 78.0 Å². The molecule has 0 unspecified atom stereocenters. The van der Waals surface area contributed by atoms with Crippen LogP contribution in [0.1, 0.15) is 18.3 Å². The summed E-state index contributed by atoms with van der Waals surface area (Å²) in [6.45, 7) is 2.40. The van der Waals surface area contributed by atoms with Crippen molar-refractivity contribution in [3.05, 3.63) is 77.9 Å². The average Bonchev–Trinajstić information content (AvgIpc) is 2.61. The maximum Gasteiger partial charge on any atom is 0.269 e. The molecule has 0 saturated carbocycles. The number of hydrogen-bond acceptors (Lipinski definition) is 4. The predicted octanol–water partition coefficient (Wildman–Crippen LogP) is 4.10. The molecule has 0 aliphatic rings. The molecule has 25 heavy (non-hydrogen) atoms. The highest BCUT2D eigenvalue weighted by atomic mass is 127. The van der Waals surface area contributed by atoms with Gasteiger partial charge in [0.05, 0.1) is 15.8 Å². The molecule has 0 bridgehead atoms. The lowest BCUT2D eigenvalue weighted by atomic mass is 10.2. The van der Waals surface area contributed by atoms with Crippen LogP contribution >= 0.6 is 22.6 Å². The fraction of sp³-hybridized carbons (Fsp3) is 0.111. The van der Waals surface area contributed by atoms with Gasteiger partial charge in [-0.05, 0) is 71.5 Å². The standard InChI is InChI=1S/C18H14IN3O3/c1-2-21-17(10-5-12-3-7-14(8-4-12)22(24)25)20-16-9-6-13(19)11-15(16)18(21)23/h3-11H,2H2,1H3/b10-5+. The molecule has 0 fully saturated rings. The van der Waals surface area contributed by atoms with Crippen molar-refractivity contribution in [3.63, 3.8) is 0 Å². The normalized spacial score (nSPS) is 11.3. The number of non-ortho nitro benzene ring substituents is 1. The van der Waals surface area contributed by atoms with E-state index in [1.807, 2.05) is 25.1 Å². The van der Waals surface area contributed by atoms with Gasteiger partial charge in [0.25, 0.3) is 11.2 Å². The molecule has 6 nitrogen and oxygen atoms in total. The van der Waals surface area contributed by atoms with E-state index in [0.29, 0.717) is 23.3 Å². The maximum atomic E-state index is 12.7. The molecular weight excluding hydrogens is 433 g/mol. The number of rotatable bonds is 4. The molecule has 3 rings (SSSR count). The Morgan fingerprint density at radius 1 is 1.20 bits per heavy atom. The summed E-state index contributed by atoms with van der Waals surface area (Å²) in [5.41, 5.74) is 1.42. The summed E-state index contributed by atoms with van der Waals surface area (Å²) in [7, 11) is 0. The van der Waals surface area contributed by atoms with E-state index < -0.39 is 4.92 Å². The van der Waals surface area contributed by atoms with Gasteiger partial charge in [-0.15, -0.1) is 0 Å². The Morgan fingerprint density at radius 3 is 2.56 bits per heavy atom. The van der Waals surface area contributed by atoms with Crippen LogP contribution < -0.4 is 5.56 Å². The number of halogens is 1. The molecule has 1 aromatic heterocycles. The monoisotopic (exact) mass is 447 g/mol. The lowest BCUT2D eigenvalue weighted by Crippen LogP contribution is -2.23. The van der Waals surface area contributed by atoms with Crippen molar-refractivity contribution in [1.82, 2.24) is 9.55 Å². The minimum absolute atomic E-state index is 0.0426. The molecule has 0 aliphatic carbocycles. The van der Waals surface area contributed by atoms with Gasteiger partial charge in [0, 0.05) is 22.2 Å². The van der Waals surface area contributed by atoms with Crippen molar-refractivity contribution in [1.29, 1.82) is 0 Å². The van der Waals surface area contributed by atoms with Crippen LogP contribution in [0.15, 0.2) is 47.3 Å². The Labute approximate surface area is 157 Å². The van der Waals surface area contributed by atoms with Crippen LogP contribution in [-0.4, -0.2) is 14.5 Å². The Hall–Kier alpha value is -2.55. The highest BCUT2D eigenvalue weighted by molar-refractivity contribution is 14.1. The molecular formula is C18H14IN3O3. The summed E-state index contributed by atoms with van der Waals surface area (Å²) in [5, 5.41) is 11.3. The largest absolute Gasteiger partial charge is 0.293 e. The summed E-state index contributed by atoms with van der Waals surface area (Å²) >= 11 is 2.17. The van der Waals surface area contributed by atoms with Crippen LogP contribution in [0.3, 0.4) is 0 Å². The zero-order chi connectivity index (χ0) is 18.0. The number of aromatic nitrogens is 2. The maximum absolute atomic E-state index is 12.7. The second-order valence-electron chi connectivity index (χ2n) is 5.36. The van der Waals surface area contributed by atoms with Gasteiger partial charge in [-0.3, -0.25) is 19.5 Å². The van der Waals surface area contributed by atoms with Gasteiger partial charge in [0.15, 0.2) is 0 Å². The van der Waals surface area contributed by atoms with E-state index in [1.165, 1.54) is 12.1 Å². The van der Waals surface area contributed by atoms with E-state index in [2.05, 4.69) is 27.6 Å². The predicted molar refractivity (Wildman–Crippen MR) is 106 cm³/mol. The smallest absolute Gasteiger partial charge is 0.269 e. The van der Waals surface area contributed by atoms with E-state index in [-0.39, 0.29) is 11.2 Å². The summed E-state index contributed by atoms with van der Waals surface area (Å²) < 4.78 is 2.60. The first-order valence-electron chi connectivity index (χ1n) is 7.62. The number of nitro benzene ring substituents is 1. The highest BCUT2D eigenvalue weighted by Gasteiger charge is 2.08. The van der Waals surface area contributed by atoms with Gasteiger partial charge >= 0.3 is 0 Å². The van der Waals surface area contributed by atoms with Crippen LogP contribution in [0.2, 0.25) is 0 Å². The first-order valence-corrected chi connectivity index (χ1v) is 8.70. The van der Waals surface area contributed by atoms with Crippen molar-refractivity contribution < 1.29 is 4.92 Å². The summed E-state index contributed by atoms with van der Waals surface area (Å²) in [5.74, 6) is 0.555. The van der Waals surface area contributed by atoms with E-state index in [9.17, 15) is 14.9 Å². The van der Waals surface area contributed by atoms with Crippen LogP contribution in [0, 0.1) is 13.7 Å². The Balaban J connectivity index is 2.04. The molecule has 7 heteroatoms. The third kappa shape index (κ3) is 3.60. The molecule has 1 heterocycles. The van der Waals surface area contributed by atoms with E-state index in [1.54, 1.807) is 28.9 Å². The molecule has 0 spiro atoms. The van der Waals surface area contributed by atoms with Crippen LogP contribution in [-0.2, 0) is 6.54 Å². The van der Waals surface area contributed by atoms with Crippen molar-refractivity contribution >= 4 is 51.3 Å². The Kier molecular flexibility index (Phi) is 4.93. The van der Waals surface area contributed by atoms with Crippen molar-refractivity contribution in [2.75, 3.05) is 0 Å². The third-order valence-corrected chi connectivity index (χ3v) is 4.46. The number of nitrogens with zero attached hydrogens (tertiary/aromatic N) is 3. The fourth-order valence-electron chi connectivity index (χ4n) is 2.52. The van der Waals surface area contributed by atoms with E-state index in [4.69, 9.17) is 0 Å². The van der Waals surface area contributed by atoms with E-state index >= 15 is 0 Å². The number of hydrogen-bond donors (Lipinski definition) is 0. The quantitative estimate of drug-likeness (QED) is 0.343. The zero-order valence-electron chi connectivity index (χ0n) is 13.3. The third-order valence-electron chi connectivity index (χ3n) is 3.79. The van der Waals surface area contributed by atoms with Crippen molar-refractivity contribution in [2.45, 2.75) is 13.5 Å². The molecule has 3 aromatic rings. The van der Waals surface area contributed by atoms with Gasteiger partial charge < -0.3 is 0 Å². The van der Waals surface area contributed by atoms with Gasteiger partial charge in [-0.1, -0.05) is 6.08 Å². The SMILES string of the molecule is CCn1c(/C=C/c2ccc([N+](=O)[O-])cc2)nc2ccc(I)cc2c1=O. The van der Waals surface area contributed by atoms with Crippen LogP contribution in [0.25, 0.3) is 23.1 Å². The lowest BCUT2D eigenvalue weighted by Gasteiger charge is -2.09. The molecule has 2 aromatic carbocycles.